The molecule has 0 radical (unpaired) electrons. The van der Waals surface area contributed by atoms with Crippen molar-refractivity contribution >= 4 is 29.0 Å². The van der Waals surface area contributed by atoms with Crippen LogP contribution in [0, 0.1) is 0 Å². The molecule has 0 aromatic heterocycles. The Morgan fingerprint density at radius 1 is 1.40 bits per heavy atom. The first-order valence-electron chi connectivity index (χ1n) is 4.74. The van der Waals surface area contributed by atoms with Gasteiger partial charge in [0.05, 0.1) is 5.02 Å². The van der Waals surface area contributed by atoms with E-state index in [2.05, 4.69) is 6.58 Å². The van der Waals surface area contributed by atoms with E-state index in [1.54, 1.807) is 24.3 Å². The summed E-state index contributed by atoms with van der Waals surface area (Å²) in [5.74, 6) is 0.0542. The van der Waals surface area contributed by atoms with Crippen molar-refractivity contribution < 1.29 is 4.79 Å². The number of carbonyl (C=O) groups excluding carboxylic acids is 1. The highest BCUT2D eigenvalue weighted by molar-refractivity contribution is 6.36. The summed E-state index contributed by atoms with van der Waals surface area (Å²) in [5.41, 5.74) is 0.546. The van der Waals surface area contributed by atoms with Crippen LogP contribution in [-0.4, -0.2) is 5.78 Å². The predicted octanol–water partition coefficient (Wildman–Crippen LogP) is 4.53. The van der Waals surface area contributed by atoms with Crippen molar-refractivity contribution in [2.45, 2.75) is 19.3 Å². The highest BCUT2D eigenvalue weighted by atomic mass is 35.5. The lowest BCUT2D eigenvalue weighted by Gasteiger charge is -2.03. The third-order valence-corrected chi connectivity index (χ3v) is 2.59. The average Bonchev–Trinajstić information content (AvgIpc) is 2.17. The first-order valence-corrected chi connectivity index (χ1v) is 5.50. The third-order valence-electron chi connectivity index (χ3n) is 2.04. The van der Waals surface area contributed by atoms with E-state index in [0.717, 1.165) is 12.8 Å². The second-order valence-electron chi connectivity index (χ2n) is 3.23. The zero-order valence-electron chi connectivity index (χ0n) is 8.30. The molecule has 0 aliphatic carbocycles. The topological polar surface area (TPSA) is 17.1 Å². The van der Waals surface area contributed by atoms with Gasteiger partial charge in [-0.1, -0.05) is 29.3 Å². The van der Waals surface area contributed by atoms with Crippen molar-refractivity contribution in [2.75, 3.05) is 0 Å². The first kappa shape index (κ1) is 12.3. The van der Waals surface area contributed by atoms with Crippen molar-refractivity contribution in [3.63, 3.8) is 0 Å². The number of hydrogen-bond acceptors (Lipinski definition) is 1. The molecule has 0 fully saturated rings. The number of Topliss-reactive ketones (excluding diaryl/α,β-unsaturated/α-hetero) is 1. The van der Waals surface area contributed by atoms with Crippen LogP contribution in [0.1, 0.15) is 29.6 Å². The quantitative estimate of drug-likeness (QED) is 0.421. The number of allylic oxidation sites excluding steroid dienone is 1. The van der Waals surface area contributed by atoms with Crippen LogP contribution in [0.5, 0.6) is 0 Å². The highest BCUT2D eigenvalue weighted by Crippen LogP contribution is 2.22. The fraction of sp³-hybridized carbons (Fsp3) is 0.250. The normalized spacial score (nSPS) is 10.0. The number of rotatable bonds is 5. The first-order chi connectivity index (χ1) is 7.15. The van der Waals surface area contributed by atoms with E-state index in [9.17, 15) is 4.79 Å². The zero-order chi connectivity index (χ0) is 11.3. The van der Waals surface area contributed by atoms with Gasteiger partial charge in [-0.05, 0) is 31.0 Å². The van der Waals surface area contributed by atoms with Gasteiger partial charge in [-0.15, -0.1) is 6.58 Å². The molecular formula is C12H12Cl2O. The van der Waals surface area contributed by atoms with Crippen LogP contribution in [0.4, 0.5) is 0 Å². The van der Waals surface area contributed by atoms with E-state index in [-0.39, 0.29) is 5.78 Å². The molecule has 0 N–H and O–H groups in total. The summed E-state index contributed by atoms with van der Waals surface area (Å²) >= 11 is 11.7. The van der Waals surface area contributed by atoms with Gasteiger partial charge in [0.15, 0.2) is 5.78 Å². The summed E-state index contributed by atoms with van der Waals surface area (Å²) in [5, 5.41) is 0.966. The zero-order valence-corrected chi connectivity index (χ0v) is 9.81. The summed E-state index contributed by atoms with van der Waals surface area (Å²) in [6.07, 6.45) is 3.95. The van der Waals surface area contributed by atoms with Crippen LogP contribution >= 0.6 is 23.2 Å². The van der Waals surface area contributed by atoms with Gasteiger partial charge in [0.25, 0.3) is 0 Å². The Morgan fingerprint density at radius 3 is 2.73 bits per heavy atom. The van der Waals surface area contributed by atoms with Gasteiger partial charge < -0.3 is 0 Å². The van der Waals surface area contributed by atoms with Gasteiger partial charge in [-0.25, -0.2) is 0 Å². The van der Waals surface area contributed by atoms with Gasteiger partial charge in [-0.2, -0.15) is 0 Å². The van der Waals surface area contributed by atoms with Crippen LogP contribution < -0.4 is 0 Å². The molecule has 0 bridgehead atoms. The number of halogens is 2. The molecule has 0 unspecified atom stereocenters. The molecule has 0 saturated carbocycles. The van der Waals surface area contributed by atoms with Crippen LogP contribution in [0.3, 0.4) is 0 Å². The molecule has 1 aromatic rings. The monoisotopic (exact) mass is 242 g/mol. The molecule has 15 heavy (non-hydrogen) atoms. The summed E-state index contributed by atoms with van der Waals surface area (Å²) < 4.78 is 0. The van der Waals surface area contributed by atoms with Gasteiger partial charge >= 0.3 is 0 Å². The van der Waals surface area contributed by atoms with E-state index in [1.165, 1.54) is 0 Å². The maximum atomic E-state index is 11.7. The number of unbranched alkanes of at least 4 members (excludes halogenated alkanes) is 1. The van der Waals surface area contributed by atoms with Crippen molar-refractivity contribution in [2.24, 2.45) is 0 Å². The Balaban J connectivity index is 2.69. The molecule has 0 heterocycles. The van der Waals surface area contributed by atoms with E-state index in [4.69, 9.17) is 23.2 Å². The Hall–Kier alpha value is -0.790. The third kappa shape index (κ3) is 3.69. The Bertz CT molecular complexity index is 372. The average molecular weight is 243 g/mol. The molecule has 0 spiro atoms. The van der Waals surface area contributed by atoms with Crippen LogP contribution in [0.2, 0.25) is 10.0 Å². The molecule has 0 atom stereocenters. The van der Waals surface area contributed by atoms with E-state index >= 15 is 0 Å². The fourth-order valence-corrected chi connectivity index (χ4v) is 1.77. The Morgan fingerprint density at radius 2 is 2.13 bits per heavy atom. The fourth-order valence-electron chi connectivity index (χ4n) is 1.26. The van der Waals surface area contributed by atoms with Crippen LogP contribution in [0.15, 0.2) is 30.9 Å². The van der Waals surface area contributed by atoms with Gasteiger partial charge in [0.2, 0.25) is 0 Å². The summed E-state index contributed by atoms with van der Waals surface area (Å²) in [6.45, 7) is 3.60. The molecular weight excluding hydrogens is 231 g/mol. The SMILES string of the molecule is C=CCCCC(=O)c1ccc(Cl)cc1Cl. The minimum Gasteiger partial charge on any atom is -0.294 e. The predicted molar refractivity (Wildman–Crippen MR) is 64.8 cm³/mol. The van der Waals surface area contributed by atoms with E-state index in [1.807, 2.05) is 0 Å². The molecule has 80 valence electrons. The second kappa shape index (κ2) is 5.94. The van der Waals surface area contributed by atoms with E-state index in [0.29, 0.717) is 22.0 Å². The molecule has 1 aromatic carbocycles. The lowest BCUT2D eigenvalue weighted by molar-refractivity contribution is 0.0980. The van der Waals surface area contributed by atoms with Crippen molar-refractivity contribution in [1.29, 1.82) is 0 Å². The van der Waals surface area contributed by atoms with Gasteiger partial charge in [-0.3, -0.25) is 4.79 Å². The molecule has 0 aliphatic rings. The largest absolute Gasteiger partial charge is 0.294 e. The lowest BCUT2D eigenvalue weighted by Crippen LogP contribution is -1.99. The number of carbonyl (C=O) groups is 1. The maximum Gasteiger partial charge on any atom is 0.164 e. The minimum atomic E-state index is 0.0542. The highest BCUT2D eigenvalue weighted by Gasteiger charge is 2.09. The van der Waals surface area contributed by atoms with E-state index < -0.39 is 0 Å². The molecule has 1 nitrogen and oxygen atoms in total. The number of benzene rings is 1. The standard InChI is InChI=1S/C12H12Cl2O/c1-2-3-4-5-12(15)10-7-6-9(13)8-11(10)14/h2,6-8H,1,3-5H2. The number of hydrogen-bond donors (Lipinski definition) is 0. The summed E-state index contributed by atoms with van der Waals surface area (Å²) in [7, 11) is 0. The molecule has 3 heteroatoms. The Labute approximate surface area is 99.7 Å². The summed E-state index contributed by atoms with van der Waals surface area (Å²) in [6, 6.07) is 4.93. The van der Waals surface area contributed by atoms with Gasteiger partial charge in [0, 0.05) is 17.0 Å². The number of ketones is 1. The summed E-state index contributed by atoms with van der Waals surface area (Å²) in [4.78, 5) is 11.7. The minimum absolute atomic E-state index is 0.0542. The Kier molecular flexibility index (Phi) is 4.86. The molecule has 0 saturated heterocycles. The van der Waals surface area contributed by atoms with Crippen molar-refractivity contribution in [3.8, 4) is 0 Å². The smallest absolute Gasteiger partial charge is 0.164 e. The van der Waals surface area contributed by atoms with Gasteiger partial charge in [0.1, 0.15) is 0 Å². The molecule has 0 aliphatic heterocycles. The van der Waals surface area contributed by atoms with Crippen LogP contribution in [0.25, 0.3) is 0 Å². The van der Waals surface area contributed by atoms with Crippen molar-refractivity contribution in [1.82, 2.24) is 0 Å². The molecule has 0 amide bonds. The second-order valence-corrected chi connectivity index (χ2v) is 4.07. The van der Waals surface area contributed by atoms with Crippen molar-refractivity contribution in [3.05, 3.63) is 46.5 Å². The maximum absolute atomic E-state index is 11.7. The lowest BCUT2D eigenvalue weighted by atomic mass is 10.1. The molecule has 1 rings (SSSR count). The van der Waals surface area contributed by atoms with Crippen LogP contribution in [-0.2, 0) is 0 Å².